The maximum Gasteiger partial charge on any atom is 0.229 e. The lowest BCUT2D eigenvalue weighted by Gasteiger charge is -2.12. The molecule has 3 aromatic rings. The Morgan fingerprint density at radius 1 is 1.20 bits per heavy atom. The second-order valence-electron chi connectivity index (χ2n) is 5.26. The number of H-pyrrole nitrogens is 1. The van der Waals surface area contributed by atoms with Crippen molar-refractivity contribution in [1.82, 2.24) is 20.2 Å². The van der Waals surface area contributed by atoms with Crippen molar-refractivity contribution in [2.45, 2.75) is 13.5 Å². The molecule has 0 aliphatic carbocycles. The van der Waals surface area contributed by atoms with Gasteiger partial charge in [-0.15, -0.1) is 0 Å². The SMILES string of the molecule is COc1cc(F)c(CNc2nc(Nc3cn[nH]c3)ncc2C)c(F)c1. The van der Waals surface area contributed by atoms with Gasteiger partial charge in [-0.05, 0) is 6.92 Å². The van der Waals surface area contributed by atoms with E-state index >= 15 is 0 Å². The summed E-state index contributed by atoms with van der Waals surface area (Å²) < 4.78 is 32.9. The number of aromatic amines is 1. The van der Waals surface area contributed by atoms with Crippen molar-refractivity contribution in [3.63, 3.8) is 0 Å². The van der Waals surface area contributed by atoms with Crippen LogP contribution in [0.1, 0.15) is 11.1 Å². The highest BCUT2D eigenvalue weighted by molar-refractivity contribution is 5.54. The molecule has 2 aromatic heterocycles. The van der Waals surface area contributed by atoms with E-state index in [-0.39, 0.29) is 17.9 Å². The van der Waals surface area contributed by atoms with Gasteiger partial charge in [-0.1, -0.05) is 0 Å². The highest BCUT2D eigenvalue weighted by atomic mass is 19.1. The van der Waals surface area contributed by atoms with E-state index in [9.17, 15) is 8.78 Å². The van der Waals surface area contributed by atoms with E-state index in [1.807, 2.05) is 0 Å². The van der Waals surface area contributed by atoms with E-state index in [1.165, 1.54) is 7.11 Å². The van der Waals surface area contributed by atoms with Gasteiger partial charge in [0.05, 0.1) is 19.0 Å². The van der Waals surface area contributed by atoms with E-state index in [2.05, 4.69) is 30.8 Å². The van der Waals surface area contributed by atoms with Crippen LogP contribution in [0.5, 0.6) is 5.75 Å². The number of aryl methyl sites for hydroxylation is 1. The second-order valence-corrected chi connectivity index (χ2v) is 5.26. The molecule has 0 radical (unpaired) electrons. The largest absolute Gasteiger partial charge is 0.497 e. The van der Waals surface area contributed by atoms with Crippen LogP contribution in [0.2, 0.25) is 0 Å². The summed E-state index contributed by atoms with van der Waals surface area (Å²) in [6, 6.07) is 2.28. The zero-order valence-corrected chi connectivity index (χ0v) is 13.6. The lowest BCUT2D eigenvalue weighted by Crippen LogP contribution is -2.09. The molecule has 0 amide bonds. The number of halogens is 2. The van der Waals surface area contributed by atoms with Crippen LogP contribution in [0, 0.1) is 18.6 Å². The van der Waals surface area contributed by atoms with E-state index in [0.717, 1.165) is 17.7 Å². The third-order valence-electron chi connectivity index (χ3n) is 3.51. The number of rotatable bonds is 6. The molecule has 0 atom stereocenters. The van der Waals surface area contributed by atoms with Crippen molar-refractivity contribution in [2.75, 3.05) is 17.7 Å². The number of nitrogens with zero attached hydrogens (tertiary/aromatic N) is 3. The Morgan fingerprint density at radius 2 is 1.96 bits per heavy atom. The molecule has 0 bridgehead atoms. The van der Waals surface area contributed by atoms with Gasteiger partial charge >= 0.3 is 0 Å². The smallest absolute Gasteiger partial charge is 0.229 e. The van der Waals surface area contributed by atoms with Crippen LogP contribution in [-0.4, -0.2) is 27.3 Å². The molecule has 9 heteroatoms. The van der Waals surface area contributed by atoms with E-state index in [4.69, 9.17) is 4.74 Å². The highest BCUT2D eigenvalue weighted by Gasteiger charge is 2.13. The van der Waals surface area contributed by atoms with Crippen LogP contribution in [0.25, 0.3) is 0 Å². The molecular formula is C16H16F2N6O. The molecule has 0 saturated carbocycles. The van der Waals surface area contributed by atoms with Gasteiger partial charge in [0.2, 0.25) is 5.95 Å². The number of hydrogen-bond donors (Lipinski definition) is 3. The molecule has 2 heterocycles. The number of methoxy groups -OCH3 is 1. The summed E-state index contributed by atoms with van der Waals surface area (Å²) in [5.41, 5.74) is 1.34. The van der Waals surface area contributed by atoms with Gasteiger partial charge in [0.25, 0.3) is 0 Å². The van der Waals surface area contributed by atoms with Crippen molar-refractivity contribution in [1.29, 1.82) is 0 Å². The predicted molar refractivity (Wildman–Crippen MR) is 88.9 cm³/mol. The second kappa shape index (κ2) is 7.12. The minimum absolute atomic E-state index is 0.0648. The molecule has 0 spiro atoms. The van der Waals surface area contributed by atoms with Crippen LogP contribution in [0.15, 0.2) is 30.7 Å². The molecule has 3 N–H and O–H groups in total. The normalized spacial score (nSPS) is 10.6. The molecule has 130 valence electrons. The Kier molecular flexibility index (Phi) is 4.73. The van der Waals surface area contributed by atoms with Crippen LogP contribution >= 0.6 is 0 Å². The molecule has 0 aliphatic heterocycles. The third-order valence-corrected chi connectivity index (χ3v) is 3.51. The van der Waals surface area contributed by atoms with Gasteiger partial charge in [0.15, 0.2) is 0 Å². The summed E-state index contributed by atoms with van der Waals surface area (Å²) in [7, 11) is 1.35. The summed E-state index contributed by atoms with van der Waals surface area (Å²) in [5.74, 6) is -0.440. The fourth-order valence-corrected chi connectivity index (χ4v) is 2.17. The number of anilines is 3. The number of ether oxygens (including phenoxy) is 1. The van der Waals surface area contributed by atoms with Gasteiger partial charge in [-0.25, -0.2) is 13.8 Å². The number of hydrogen-bond acceptors (Lipinski definition) is 6. The molecule has 7 nitrogen and oxygen atoms in total. The Bertz CT molecular complexity index is 846. The number of aromatic nitrogens is 4. The zero-order chi connectivity index (χ0) is 17.8. The first-order valence-electron chi connectivity index (χ1n) is 7.42. The standard InChI is InChI=1S/C16H16F2N6O/c1-9-5-20-16(23-10-6-21-22-7-10)24-15(9)19-8-12-13(17)3-11(25-2)4-14(12)18/h3-7H,8H2,1-2H3,(H,21,22)(H2,19,20,23,24). The van der Waals surface area contributed by atoms with E-state index in [1.54, 1.807) is 25.5 Å². The molecule has 0 saturated heterocycles. The molecule has 0 aliphatic rings. The lowest BCUT2D eigenvalue weighted by atomic mass is 10.2. The Hall–Kier alpha value is -3.23. The summed E-state index contributed by atoms with van der Waals surface area (Å²) in [6.07, 6.45) is 4.84. The molecule has 0 fully saturated rings. The van der Waals surface area contributed by atoms with Crippen molar-refractivity contribution >= 4 is 17.5 Å². The van der Waals surface area contributed by atoms with Crippen molar-refractivity contribution < 1.29 is 13.5 Å². The first-order chi connectivity index (χ1) is 12.1. The van der Waals surface area contributed by atoms with Crippen molar-refractivity contribution in [3.8, 4) is 5.75 Å². The summed E-state index contributed by atoms with van der Waals surface area (Å²) in [6.45, 7) is 1.73. The topological polar surface area (TPSA) is 87.8 Å². The Labute approximate surface area is 142 Å². The van der Waals surface area contributed by atoms with Crippen LogP contribution in [0.3, 0.4) is 0 Å². The molecule has 0 unspecified atom stereocenters. The lowest BCUT2D eigenvalue weighted by molar-refractivity contribution is 0.405. The van der Waals surface area contributed by atoms with Crippen LogP contribution < -0.4 is 15.4 Å². The van der Waals surface area contributed by atoms with Crippen LogP contribution in [0.4, 0.5) is 26.2 Å². The molecule has 25 heavy (non-hydrogen) atoms. The highest BCUT2D eigenvalue weighted by Crippen LogP contribution is 2.22. The first kappa shape index (κ1) is 16.6. The van der Waals surface area contributed by atoms with E-state index < -0.39 is 11.6 Å². The van der Waals surface area contributed by atoms with E-state index in [0.29, 0.717) is 17.5 Å². The zero-order valence-electron chi connectivity index (χ0n) is 13.6. The minimum Gasteiger partial charge on any atom is -0.497 e. The minimum atomic E-state index is -0.687. The molecular weight excluding hydrogens is 330 g/mol. The van der Waals surface area contributed by atoms with Gasteiger partial charge in [0.1, 0.15) is 23.2 Å². The van der Waals surface area contributed by atoms with Crippen molar-refractivity contribution in [3.05, 3.63) is 53.5 Å². The van der Waals surface area contributed by atoms with Gasteiger partial charge < -0.3 is 15.4 Å². The monoisotopic (exact) mass is 346 g/mol. The first-order valence-corrected chi connectivity index (χ1v) is 7.42. The number of benzene rings is 1. The fourth-order valence-electron chi connectivity index (χ4n) is 2.17. The third kappa shape index (κ3) is 3.82. The average molecular weight is 346 g/mol. The van der Waals surface area contributed by atoms with Crippen molar-refractivity contribution in [2.24, 2.45) is 0 Å². The van der Waals surface area contributed by atoms with Crippen LogP contribution in [-0.2, 0) is 6.54 Å². The van der Waals surface area contributed by atoms with Gasteiger partial charge in [-0.2, -0.15) is 10.1 Å². The predicted octanol–water partition coefficient (Wildman–Crippen LogP) is 3.15. The summed E-state index contributed by atoms with van der Waals surface area (Å²) in [4.78, 5) is 8.47. The molecule has 1 aromatic carbocycles. The maximum atomic E-state index is 14.0. The average Bonchev–Trinajstić information content (AvgIpc) is 3.09. The quantitative estimate of drug-likeness (QED) is 0.635. The Morgan fingerprint density at radius 3 is 2.60 bits per heavy atom. The summed E-state index contributed by atoms with van der Waals surface area (Å²) in [5, 5.41) is 12.4. The fraction of sp³-hybridized carbons (Fsp3) is 0.188. The summed E-state index contributed by atoms with van der Waals surface area (Å²) >= 11 is 0. The molecule has 3 rings (SSSR count). The maximum absolute atomic E-state index is 14.0. The van der Waals surface area contributed by atoms with Gasteiger partial charge in [-0.3, -0.25) is 5.10 Å². The van der Waals surface area contributed by atoms with Gasteiger partial charge in [0, 0.05) is 42.2 Å². The Balaban J connectivity index is 1.77. The number of nitrogens with one attached hydrogen (secondary N) is 3.